The minimum Gasteiger partial charge on any atom is -0.356 e. The Morgan fingerprint density at radius 2 is 2.19 bits per heavy atom. The minimum absolute atomic E-state index is 0.0435. The first kappa shape index (κ1) is 18.2. The zero-order valence-electron chi connectivity index (χ0n) is 14.0. The highest BCUT2D eigenvalue weighted by molar-refractivity contribution is 5.80. The third-order valence-corrected chi connectivity index (χ3v) is 4.29. The molecule has 0 spiro atoms. The van der Waals surface area contributed by atoms with Gasteiger partial charge in [0.05, 0.1) is 11.5 Å². The lowest BCUT2D eigenvalue weighted by Crippen LogP contribution is -2.33. The highest BCUT2D eigenvalue weighted by atomic mass is 19.4. The number of hydrogen-bond donors (Lipinski definition) is 1. The second-order valence-corrected chi connectivity index (χ2v) is 6.14. The number of aromatic nitrogens is 4. The molecule has 7 nitrogen and oxygen atoms in total. The monoisotopic (exact) mass is 368 g/mol. The van der Waals surface area contributed by atoms with Crippen LogP contribution in [-0.2, 0) is 17.5 Å². The molecule has 0 radical (unpaired) electrons. The molecule has 1 saturated heterocycles. The van der Waals surface area contributed by atoms with Gasteiger partial charge in [0.15, 0.2) is 0 Å². The lowest BCUT2D eigenvalue weighted by molar-refractivity contribution is -0.137. The van der Waals surface area contributed by atoms with E-state index in [9.17, 15) is 18.0 Å². The first-order chi connectivity index (χ1) is 12.4. The van der Waals surface area contributed by atoms with Crippen molar-refractivity contribution in [2.24, 2.45) is 5.92 Å². The Morgan fingerprint density at radius 3 is 2.85 bits per heavy atom. The topological polar surface area (TPSA) is 75.9 Å². The van der Waals surface area contributed by atoms with Gasteiger partial charge in [-0.05, 0) is 25.0 Å². The number of nitrogens with zero attached hydrogens (tertiary/aromatic N) is 5. The number of aryl methyl sites for hydroxylation is 1. The van der Waals surface area contributed by atoms with E-state index in [1.54, 1.807) is 11.0 Å². The standard InChI is InChI=1S/C16H19F3N6O/c17-16(18,19)13-2-3-14(22-8-13)24-7-4-12(9-24)15(26)21-5-1-6-25-11-20-10-23-25/h2-3,8,10-12H,1,4-7,9H2,(H,21,26)/t12-/m1/s1. The van der Waals surface area contributed by atoms with Gasteiger partial charge in [0.2, 0.25) is 5.91 Å². The third kappa shape index (κ3) is 4.50. The molecule has 1 fully saturated rings. The predicted octanol–water partition coefficient (Wildman–Crippen LogP) is 1.72. The van der Waals surface area contributed by atoms with Gasteiger partial charge in [-0.15, -0.1) is 0 Å². The highest BCUT2D eigenvalue weighted by Crippen LogP contribution is 2.30. The maximum atomic E-state index is 12.6. The number of pyridine rings is 1. The van der Waals surface area contributed by atoms with E-state index in [-0.39, 0.29) is 11.8 Å². The van der Waals surface area contributed by atoms with E-state index >= 15 is 0 Å². The van der Waals surface area contributed by atoms with E-state index in [4.69, 9.17) is 0 Å². The summed E-state index contributed by atoms with van der Waals surface area (Å²) < 4.78 is 39.5. The highest BCUT2D eigenvalue weighted by Gasteiger charge is 2.32. The smallest absolute Gasteiger partial charge is 0.356 e. The van der Waals surface area contributed by atoms with Gasteiger partial charge in [0.25, 0.3) is 0 Å². The van der Waals surface area contributed by atoms with Gasteiger partial charge in [-0.1, -0.05) is 0 Å². The van der Waals surface area contributed by atoms with Crippen molar-refractivity contribution in [3.8, 4) is 0 Å². The first-order valence-electron chi connectivity index (χ1n) is 8.32. The Hall–Kier alpha value is -2.65. The molecule has 1 aliphatic rings. The van der Waals surface area contributed by atoms with Crippen LogP contribution < -0.4 is 10.2 Å². The van der Waals surface area contributed by atoms with E-state index in [0.717, 1.165) is 18.7 Å². The lowest BCUT2D eigenvalue weighted by atomic mass is 10.1. The van der Waals surface area contributed by atoms with Crippen molar-refractivity contribution in [2.45, 2.75) is 25.6 Å². The van der Waals surface area contributed by atoms with Crippen LogP contribution in [-0.4, -0.2) is 45.3 Å². The molecular weight excluding hydrogens is 349 g/mol. The Morgan fingerprint density at radius 1 is 1.35 bits per heavy atom. The fraction of sp³-hybridized carbons (Fsp3) is 0.500. The van der Waals surface area contributed by atoms with Crippen LogP contribution >= 0.6 is 0 Å². The van der Waals surface area contributed by atoms with Crippen molar-refractivity contribution in [3.63, 3.8) is 0 Å². The average molecular weight is 368 g/mol. The summed E-state index contributed by atoms with van der Waals surface area (Å²) in [5, 5.41) is 6.88. The van der Waals surface area contributed by atoms with Crippen LogP contribution in [0.4, 0.5) is 19.0 Å². The molecule has 0 aliphatic carbocycles. The minimum atomic E-state index is -4.40. The Bertz CT molecular complexity index is 717. The number of hydrogen-bond acceptors (Lipinski definition) is 5. The van der Waals surface area contributed by atoms with Crippen LogP contribution in [0.2, 0.25) is 0 Å². The molecule has 1 atom stereocenters. The summed E-state index contributed by atoms with van der Waals surface area (Å²) in [4.78, 5) is 21.8. The first-order valence-corrected chi connectivity index (χ1v) is 8.32. The maximum absolute atomic E-state index is 12.6. The molecule has 1 N–H and O–H groups in total. The number of rotatable bonds is 6. The largest absolute Gasteiger partial charge is 0.417 e. The lowest BCUT2D eigenvalue weighted by Gasteiger charge is -2.18. The summed E-state index contributed by atoms with van der Waals surface area (Å²) in [6.07, 6.45) is 0.899. The third-order valence-electron chi connectivity index (χ3n) is 4.29. The fourth-order valence-electron chi connectivity index (χ4n) is 2.87. The molecule has 3 rings (SSSR count). The number of carbonyl (C=O) groups is 1. The van der Waals surface area contributed by atoms with E-state index < -0.39 is 11.7 Å². The van der Waals surface area contributed by atoms with E-state index in [0.29, 0.717) is 38.4 Å². The zero-order valence-corrected chi connectivity index (χ0v) is 14.0. The molecule has 10 heteroatoms. The van der Waals surface area contributed by atoms with Gasteiger partial charge in [0.1, 0.15) is 18.5 Å². The average Bonchev–Trinajstić information content (AvgIpc) is 3.29. The number of alkyl halides is 3. The van der Waals surface area contributed by atoms with Crippen LogP contribution in [0.1, 0.15) is 18.4 Å². The van der Waals surface area contributed by atoms with E-state index in [1.165, 1.54) is 12.4 Å². The Labute approximate surface area is 148 Å². The van der Waals surface area contributed by atoms with Gasteiger partial charge in [0, 0.05) is 32.4 Å². The van der Waals surface area contributed by atoms with Crippen molar-refractivity contribution in [1.29, 1.82) is 0 Å². The Balaban J connectivity index is 1.44. The molecule has 0 unspecified atom stereocenters. The summed E-state index contributed by atoms with van der Waals surface area (Å²) in [5.74, 6) is 0.225. The van der Waals surface area contributed by atoms with Crippen molar-refractivity contribution < 1.29 is 18.0 Å². The molecule has 2 aromatic rings. The van der Waals surface area contributed by atoms with Gasteiger partial charge < -0.3 is 10.2 Å². The second kappa shape index (κ2) is 7.71. The molecule has 2 aromatic heterocycles. The molecule has 1 amide bonds. The SMILES string of the molecule is O=C(NCCCn1cncn1)[C@@H]1CCN(c2ccc(C(F)(F)F)cn2)C1. The van der Waals surface area contributed by atoms with Crippen molar-refractivity contribution in [3.05, 3.63) is 36.5 Å². The molecule has 0 bridgehead atoms. The second-order valence-electron chi connectivity index (χ2n) is 6.14. The summed E-state index contributed by atoms with van der Waals surface area (Å²) in [6.45, 7) is 2.25. The number of anilines is 1. The molecule has 0 saturated carbocycles. The number of amides is 1. The van der Waals surface area contributed by atoms with Crippen LogP contribution in [0.25, 0.3) is 0 Å². The van der Waals surface area contributed by atoms with Gasteiger partial charge in [-0.3, -0.25) is 9.48 Å². The summed E-state index contributed by atoms with van der Waals surface area (Å²) >= 11 is 0. The number of halogens is 3. The van der Waals surface area contributed by atoms with E-state index in [2.05, 4.69) is 20.4 Å². The van der Waals surface area contributed by atoms with Gasteiger partial charge in [-0.25, -0.2) is 9.97 Å². The quantitative estimate of drug-likeness (QED) is 0.786. The van der Waals surface area contributed by atoms with Crippen molar-refractivity contribution in [1.82, 2.24) is 25.1 Å². The Kier molecular flexibility index (Phi) is 5.38. The molecule has 0 aromatic carbocycles. The summed E-state index contributed by atoms with van der Waals surface area (Å²) in [7, 11) is 0. The summed E-state index contributed by atoms with van der Waals surface area (Å²) in [5.41, 5.74) is -0.776. The maximum Gasteiger partial charge on any atom is 0.417 e. The molecule has 1 aliphatic heterocycles. The van der Waals surface area contributed by atoms with E-state index in [1.807, 2.05) is 4.90 Å². The molecule has 140 valence electrons. The fourth-order valence-corrected chi connectivity index (χ4v) is 2.87. The zero-order chi connectivity index (χ0) is 18.6. The predicted molar refractivity (Wildman–Crippen MR) is 87.2 cm³/mol. The summed E-state index contributed by atoms with van der Waals surface area (Å²) in [6, 6.07) is 2.36. The van der Waals surface area contributed by atoms with Gasteiger partial charge in [-0.2, -0.15) is 18.3 Å². The van der Waals surface area contributed by atoms with Crippen molar-refractivity contribution in [2.75, 3.05) is 24.5 Å². The molecule has 26 heavy (non-hydrogen) atoms. The van der Waals surface area contributed by atoms with Crippen LogP contribution in [0.3, 0.4) is 0 Å². The number of carbonyl (C=O) groups excluding carboxylic acids is 1. The van der Waals surface area contributed by atoms with Crippen LogP contribution in [0.15, 0.2) is 31.0 Å². The van der Waals surface area contributed by atoms with Gasteiger partial charge >= 0.3 is 6.18 Å². The molecule has 3 heterocycles. The molecular formula is C16H19F3N6O. The number of nitrogens with one attached hydrogen (secondary N) is 1. The normalized spacial score (nSPS) is 17.5. The van der Waals surface area contributed by atoms with Crippen LogP contribution in [0, 0.1) is 5.92 Å². The van der Waals surface area contributed by atoms with Crippen molar-refractivity contribution >= 4 is 11.7 Å². The van der Waals surface area contributed by atoms with Crippen LogP contribution in [0.5, 0.6) is 0 Å².